The van der Waals surface area contributed by atoms with E-state index in [2.05, 4.69) is 15.9 Å². The van der Waals surface area contributed by atoms with Crippen molar-refractivity contribution in [3.05, 3.63) is 29.8 Å². The standard InChI is InChI=1S/C12H18BrNO2S/c1-3-14(10-4-9-13)17(15,16)12-7-5-11(2)6-8-12/h5-8H,3-4,9-10H2,1-2H3. The summed E-state index contributed by atoms with van der Waals surface area (Å²) in [6, 6.07) is 6.99. The first-order chi connectivity index (χ1) is 8.02. The third-order valence-corrected chi connectivity index (χ3v) is 5.10. The molecule has 0 amide bonds. The highest BCUT2D eigenvalue weighted by Crippen LogP contribution is 2.16. The van der Waals surface area contributed by atoms with Crippen molar-refractivity contribution in [3.63, 3.8) is 0 Å². The van der Waals surface area contributed by atoms with E-state index in [0.29, 0.717) is 18.0 Å². The normalized spacial score (nSPS) is 12.0. The van der Waals surface area contributed by atoms with Crippen molar-refractivity contribution in [2.45, 2.75) is 25.2 Å². The van der Waals surface area contributed by atoms with Crippen LogP contribution in [0.5, 0.6) is 0 Å². The molecule has 17 heavy (non-hydrogen) atoms. The summed E-state index contributed by atoms with van der Waals surface area (Å²) >= 11 is 3.32. The maximum absolute atomic E-state index is 12.3. The molecule has 96 valence electrons. The largest absolute Gasteiger partial charge is 0.243 e. The summed E-state index contributed by atoms with van der Waals surface area (Å²) in [5.41, 5.74) is 1.06. The van der Waals surface area contributed by atoms with Crippen molar-refractivity contribution in [1.29, 1.82) is 0 Å². The molecule has 0 radical (unpaired) electrons. The first-order valence-electron chi connectivity index (χ1n) is 5.65. The Balaban J connectivity index is 2.95. The first kappa shape index (κ1) is 14.7. The van der Waals surface area contributed by atoms with Crippen LogP contribution in [0.4, 0.5) is 0 Å². The molecular weight excluding hydrogens is 302 g/mol. The van der Waals surface area contributed by atoms with Gasteiger partial charge in [-0.3, -0.25) is 0 Å². The van der Waals surface area contributed by atoms with Crippen LogP contribution >= 0.6 is 15.9 Å². The van der Waals surface area contributed by atoms with Crippen molar-refractivity contribution >= 4 is 26.0 Å². The Morgan fingerprint density at radius 3 is 2.29 bits per heavy atom. The van der Waals surface area contributed by atoms with Crippen molar-refractivity contribution in [2.75, 3.05) is 18.4 Å². The first-order valence-corrected chi connectivity index (χ1v) is 8.21. The molecule has 0 heterocycles. The SMILES string of the molecule is CCN(CCCBr)S(=O)(=O)c1ccc(C)cc1. The summed E-state index contributed by atoms with van der Waals surface area (Å²) in [6.45, 7) is 4.86. The number of halogens is 1. The number of hydrogen-bond donors (Lipinski definition) is 0. The van der Waals surface area contributed by atoms with Gasteiger partial charge in [0.05, 0.1) is 4.90 Å². The van der Waals surface area contributed by atoms with Crippen LogP contribution in [0.15, 0.2) is 29.2 Å². The van der Waals surface area contributed by atoms with Gasteiger partial charge in [0.25, 0.3) is 0 Å². The average molecular weight is 320 g/mol. The molecule has 1 aromatic carbocycles. The predicted octanol–water partition coefficient (Wildman–Crippen LogP) is 2.79. The smallest absolute Gasteiger partial charge is 0.207 e. The molecule has 0 aliphatic heterocycles. The fourth-order valence-electron chi connectivity index (χ4n) is 1.54. The highest BCUT2D eigenvalue weighted by atomic mass is 79.9. The summed E-state index contributed by atoms with van der Waals surface area (Å²) in [5.74, 6) is 0. The van der Waals surface area contributed by atoms with Gasteiger partial charge in [-0.1, -0.05) is 40.5 Å². The fourth-order valence-corrected chi connectivity index (χ4v) is 3.28. The molecule has 1 aromatic rings. The van der Waals surface area contributed by atoms with Gasteiger partial charge in [-0.05, 0) is 25.5 Å². The molecule has 0 aliphatic rings. The summed E-state index contributed by atoms with van der Waals surface area (Å²) in [7, 11) is -3.33. The quantitative estimate of drug-likeness (QED) is 0.756. The molecule has 5 heteroatoms. The van der Waals surface area contributed by atoms with Gasteiger partial charge >= 0.3 is 0 Å². The number of aryl methyl sites for hydroxylation is 1. The van der Waals surface area contributed by atoms with Crippen molar-refractivity contribution in [1.82, 2.24) is 4.31 Å². The van der Waals surface area contributed by atoms with Crippen LogP contribution in [0, 0.1) is 6.92 Å². The van der Waals surface area contributed by atoms with E-state index >= 15 is 0 Å². The van der Waals surface area contributed by atoms with Crippen LogP contribution in [-0.4, -0.2) is 31.1 Å². The Bertz CT molecular complexity index is 442. The minimum atomic E-state index is -3.33. The molecule has 0 aromatic heterocycles. The molecule has 3 nitrogen and oxygen atoms in total. The van der Waals surface area contributed by atoms with Crippen LogP contribution in [-0.2, 0) is 10.0 Å². The molecular formula is C12H18BrNO2S. The number of hydrogen-bond acceptors (Lipinski definition) is 2. The molecule has 0 saturated carbocycles. The molecule has 0 N–H and O–H groups in total. The highest BCUT2D eigenvalue weighted by molar-refractivity contribution is 9.09. The van der Waals surface area contributed by atoms with E-state index in [-0.39, 0.29) is 0 Å². The van der Waals surface area contributed by atoms with E-state index in [0.717, 1.165) is 17.3 Å². The predicted molar refractivity (Wildman–Crippen MR) is 74.0 cm³/mol. The second-order valence-electron chi connectivity index (χ2n) is 3.85. The molecule has 0 bridgehead atoms. The van der Waals surface area contributed by atoms with Gasteiger partial charge in [0.15, 0.2) is 0 Å². The van der Waals surface area contributed by atoms with Crippen LogP contribution in [0.2, 0.25) is 0 Å². The number of nitrogens with zero attached hydrogens (tertiary/aromatic N) is 1. The number of sulfonamides is 1. The van der Waals surface area contributed by atoms with Crippen LogP contribution < -0.4 is 0 Å². The minimum Gasteiger partial charge on any atom is -0.207 e. The molecule has 0 aliphatic carbocycles. The Labute approximate surface area is 112 Å². The van der Waals surface area contributed by atoms with Crippen molar-refractivity contribution in [3.8, 4) is 0 Å². The third kappa shape index (κ3) is 3.79. The van der Waals surface area contributed by atoms with Crippen molar-refractivity contribution in [2.24, 2.45) is 0 Å². The maximum Gasteiger partial charge on any atom is 0.243 e. The number of benzene rings is 1. The zero-order valence-electron chi connectivity index (χ0n) is 10.2. The topological polar surface area (TPSA) is 37.4 Å². The number of rotatable bonds is 6. The second kappa shape index (κ2) is 6.52. The van der Waals surface area contributed by atoms with E-state index in [1.165, 1.54) is 4.31 Å². The zero-order chi connectivity index (χ0) is 12.9. The fraction of sp³-hybridized carbons (Fsp3) is 0.500. The lowest BCUT2D eigenvalue weighted by atomic mass is 10.2. The van der Waals surface area contributed by atoms with Gasteiger partial charge in [-0.15, -0.1) is 0 Å². The Kier molecular flexibility index (Phi) is 5.62. The van der Waals surface area contributed by atoms with Gasteiger partial charge < -0.3 is 0 Å². The zero-order valence-corrected chi connectivity index (χ0v) is 12.6. The second-order valence-corrected chi connectivity index (χ2v) is 6.58. The van der Waals surface area contributed by atoms with Gasteiger partial charge in [0, 0.05) is 18.4 Å². The summed E-state index contributed by atoms with van der Waals surface area (Å²) in [6.07, 6.45) is 0.818. The van der Waals surface area contributed by atoms with Gasteiger partial charge in [-0.2, -0.15) is 4.31 Å². The molecule has 0 spiro atoms. The van der Waals surface area contributed by atoms with Crippen LogP contribution in [0.3, 0.4) is 0 Å². The van der Waals surface area contributed by atoms with E-state index < -0.39 is 10.0 Å². The Morgan fingerprint density at radius 1 is 1.24 bits per heavy atom. The summed E-state index contributed by atoms with van der Waals surface area (Å²) < 4.78 is 26.1. The lowest BCUT2D eigenvalue weighted by Crippen LogP contribution is -2.32. The Morgan fingerprint density at radius 2 is 1.82 bits per heavy atom. The summed E-state index contributed by atoms with van der Waals surface area (Å²) in [5, 5.41) is 0.812. The van der Waals surface area contributed by atoms with E-state index in [1.807, 2.05) is 26.0 Å². The third-order valence-electron chi connectivity index (χ3n) is 2.55. The highest BCUT2D eigenvalue weighted by Gasteiger charge is 2.21. The minimum absolute atomic E-state index is 0.375. The summed E-state index contributed by atoms with van der Waals surface area (Å²) in [4.78, 5) is 0.375. The molecule has 0 saturated heterocycles. The Hall–Kier alpha value is -0.390. The molecule has 0 atom stereocenters. The monoisotopic (exact) mass is 319 g/mol. The van der Waals surface area contributed by atoms with Crippen molar-refractivity contribution < 1.29 is 8.42 Å². The number of alkyl halides is 1. The van der Waals surface area contributed by atoms with E-state index in [4.69, 9.17) is 0 Å². The molecule has 0 fully saturated rings. The average Bonchev–Trinajstić information content (AvgIpc) is 2.30. The van der Waals surface area contributed by atoms with Gasteiger partial charge in [-0.25, -0.2) is 8.42 Å². The van der Waals surface area contributed by atoms with Crippen LogP contribution in [0.1, 0.15) is 18.9 Å². The lowest BCUT2D eigenvalue weighted by Gasteiger charge is -2.20. The van der Waals surface area contributed by atoms with E-state index in [9.17, 15) is 8.42 Å². The van der Waals surface area contributed by atoms with E-state index in [1.54, 1.807) is 12.1 Å². The molecule has 0 unspecified atom stereocenters. The maximum atomic E-state index is 12.3. The van der Waals surface area contributed by atoms with Gasteiger partial charge in [0.1, 0.15) is 0 Å². The van der Waals surface area contributed by atoms with Gasteiger partial charge in [0.2, 0.25) is 10.0 Å². The molecule has 1 rings (SSSR count). The van der Waals surface area contributed by atoms with Crippen LogP contribution in [0.25, 0.3) is 0 Å². The lowest BCUT2D eigenvalue weighted by molar-refractivity contribution is 0.428.